The summed E-state index contributed by atoms with van der Waals surface area (Å²) in [5, 5.41) is 22.8. The average molecular weight is 392 g/mol. The molecule has 0 bridgehead atoms. The first-order valence-corrected chi connectivity index (χ1v) is 8.92. The summed E-state index contributed by atoms with van der Waals surface area (Å²) in [6.07, 6.45) is 2.85. The van der Waals surface area contributed by atoms with Gasteiger partial charge in [0, 0.05) is 23.9 Å². The number of thiazole rings is 1. The molecule has 1 heterocycles. The third-order valence-corrected chi connectivity index (χ3v) is 4.87. The van der Waals surface area contributed by atoms with Crippen LogP contribution in [-0.4, -0.2) is 39.4 Å². The third kappa shape index (κ3) is 6.41. The van der Waals surface area contributed by atoms with E-state index in [0.717, 1.165) is 11.6 Å². The molecule has 3 N–H and O–H groups in total. The van der Waals surface area contributed by atoms with Crippen LogP contribution in [0.15, 0.2) is 17.5 Å². The summed E-state index contributed by atoms with van der Waals surface area (Å²) in [6.45, 7) is 0.735. The number of halogens is 3. The Kier molecular flexibility index (Phi) is 6.76. The monoisotopic (exact) mass is 392 g/mol. The molecule has 1 fully saturated rings. The van der Waals surface area contributed by atoms with E-state index in [1.54, 1.807) is 11.3 Å². The first-order chi connectivity index (χ1) is 12.2. The van der Waals surface area contributed by atoms with Crippen LogP contribution in [0.4, 0.5) is 13.2 Å². The predicted octanol–water partition coefficient (Wildman–Crippen LogP) is 3.16. The molecule has 10 heteroatoms. The summed E-state index contributed by atoms with van der Waals surface area (Å²) in [5.74, 6) is -2.99. The van der Waals surface area contributed by atoms with Crippen molar-refractivity contribution in [1.29, 1.82) is 0 Å². The summed E-state index contributed by atoms with van der Waals surface area (Å²) in [7, 11) is 0. The summed E-state index contributed by atoms with van der Waals surface area (Å²) < 4.78 is 31.7. The van der Waals surface area contributed by atoms with Crippen LogP contribution < -0.4 is 5.32 Å². The molecule has 2 atom stereocenters. The maximum absolute atomic E-state index is 11.0. The Morgan fingerprint density at radius 2 is 1.96 bits per heavy atom. The smallest absolute Gasteiger partial charge is 0.481 e. The first-order valence-electron chi connectivity index (χ1n) is 8.04. The van der Waals surface area contributed by atoms with Crippen LogP contribution in [0.1, 0.15) is 42.3 Å². The van der Waals surface area contributed by atoms with E-state index in [-0.39, 0.29) is 12.0 Å². The molecule has 0 saturated heterocycles. The van der Waals surface area contributed by atoms with E-state index >= 15 is 0 Å². The second-order valence-electron chi connectivity index (χ2n) is 6.17. The lowest BCUT2D eigenvalue weighted by molar-refractivity contribution is -0.192. The van der Waals surface area contributed by atoms with Crippen LogP contribution in [0.25, 0.3) is 0 Å². The Bertz CT molecular complexity index is 671. The predicted molar refractivity (Wildman–Crippen MR) is 87.9 cm³/mol. The molecule has 1 aromatic heterocycles. The minimum Gasteiger partial charge on any atom is -0.481 e. The summed E-state index contributed by atoms with van der Waals surface area (Å²) in [4.78, 5) is 24.5. The van der Waals surface area contributed by atoms with Gasteiger partial charge in [-0.1, -0.05) is 12.2 Å². The highest BCUT2D eigenvalue weighted by Crippen LogP contribution is 2.40. The number of alkyl halides is 3. The van der Waals surface area contributed by atoms with Gasteiger partial charge in [-0.05, 0) is 25.7 Å². The SMILES string of the molecule is O=C(O)C(F)(F)F.O=C(O)[C@@H]1CC=C[C@@H](NCc2nc(C3CC3)cs2)C1. The number of allylic oxidation sites excluding steroid dienone is 1. The molecule has 1 saturated carbocycles. The number of carboxylic acid groups (broad SMARTS) is 2. The molecule has 26 heavy (non-hydrogen) atoms. The van der Waals surface area contributed by atoms with Crippen molar-refractivity contribution in [3.05, 3.63) is 28.2 Å². The van der Waals surface area contributed by atoms with Crippen molar-refractivity contribution in [2.45, 2.75) is 50.4 Å². The van der Waals surface area contributed by atoms with Gasteiger partial charge in [0.05, 0.1) is 11.6 Å². The Morgan fingerprint density at radius 1 is 1.31 bits per heavy atom. The Morgan fingerprint density at radius 3 is 2.50 bits per heavy atom. The van der Waals surface area contributed by atoms with E-state index in [9.17, 15) is 18.0 Å². The second-order valence-corrected chi connectivity index (χ2v) is 7.11. The van der Waals surface area contributed by atoms with Crippen LogP contribution in [0.3, 0.4) is 0 Å². The number of aromatic nitrogens is 1. The van der Waals surface area contributed by atoms with E-state index < -0.39 is 18.1 Å². The molecular formula is C16H19F3N2O4S. The lowest BCUT2D eigenvalue weighted by atomic mass is 9.91. The van der Waals surface area contributed by atoms with Gasteiger partial charge in [-0.15, -0.1) is 11.3 Å². The molecule has 0 aliphatic heterocycles. The largest absolute Gasteiger partial charge is 0.490 e. The maximum atomic E-state index is 11.0. The van der Waals surface area contributed by atoms with E-state index in [4.69, 9.17) is 15.0 Å². The molecule has 3 rings (SSSR count). The Hall–Kier alpha value is -1.94. The summed E-state index contributed by atoms with van der Waals surface area (Å²) >= 11 is 1.70. The lowest BCUT2D eigenvalue weighted by Gasteiger charge is -2.22. The summed E-state index contributed by atoms with van der Waals surface area (Å²) in [6, 6.07) is 0.156. The molecule has 0 unspecified atom stereocenters. The number of aliphatic carboxylic acids is 2. The summed E-state index contributed by atoms with van der Waals surface area (Å²) in [5.41, 5.74) is 1.24. The van der Waals surface area contributed by atoms with Crippen molar-refractivity contribution in [1.82, 2.24) is 10.3 Å². The standard InChI is InChI=1S/C14H18N2O2S.C2HF3O2/c17-14(18)10-2-1-3-11(6-10)15-7-13-16-12(8-19-13)9-4-5-9;3-2(4,5)1(6)7/h1,3,8-11,15H,2,4-7H2,(H,17,18);(H,6,7)/t10-,11-;/m1./s1. The molecule has 2 aliphatic rings. The minimum atomic E-state index is -5.08. The first kappa shape index (κ1) is 20.4. The second kappa shape index (κ2) is 8.63. The van der Waals surface area contributed by atoms with E-state index in [1.807, 2.05) is 6.08 Å². The number of nitrogens with zero attached hydrogens (tertiary/aromatic N) is 1. The Balaban J connectivity index is 0.000000298. The van der Waals surface area contributed by atoms with Gasteiger partial charge in [-0.2, -0.15) is 13.2 Å². The maximum Gasteiger partial charge on any atom is 0.490 e. The van der Waals surface area contributed by atoms with Crippen molar-refractivity contribution < 1.29 is 33.0 Å². The van der Waals surface area contributed by atoms with Crippen molar-refractivity contribution >= 4 is 23.3 Å². The van der Waals surface area contributed by atoms with Crippen molar-refractivity contribution in [2.24, 2.45) is 5.92 Å². The van der Waals surface area contributed by atoms with Crippen molar-refractivity contribution in [2.75, 3.05) is 0 Å². The topological polar surface area (TPSA) is 99.5 Å². The fraction of sp³-hybridized carbons (Fsp3) is 0.562. The third-order valence-electron chi connectivity index (χ3n) is 4.00. The van der Waals surface area contributed by atoms with E-state index in [2.05, 4.69) is 21.8 Å². The van der Waals surface area contributed by atoms with Crippen LogP contribution in [0.5, 0.6) is 0 Å². The van der Waals surface area contributed by atoms with Crippen LogP contribution in [0, 0.1) is 5.92 Å². The zero-order valence-electron chi connectivity index (χ0n) is 13.7. The number of carbonyl (C=O) groups is 2. The van der Waals surface area contributed by atoms with Crippen LogP contribution >= 0.6 is 11.3 Å². The van der Waals surface area contributed by atoms with Gasteiger partial charge < -0.3 is 15.5 Å². The lowest BCUT2D eigenvalue weighted by Crippen LogP contribution is -2.33. The molecule has 6 nitrogen and oxygen atoms in total. The highest BCUT2D eigenvalue weighted by molar-refractivity contribution is 7.09. The van der Waals surface area contributed by atoms with Gasteiger partial charge in [0.15, 0.2) is 0 Å². The quantitative estimate of drug-likeness (QED) is 0.666. The molecule has 0 spiro atoms. The van der Waals surface area contributed by atoms with Gasteiger partial charge in [0.1, 0.15) is 5.01 Å². The van der Waals surface area contributed by atoms with Gasteiger partial charge >= 0.3 is 18.1 Å². The normalized spacial score (nSPS) is 22.4. The highest BCUT2D eigenvalue weighted by Gasteiger charge is 2.38. The van der Waals surface area contributed by atoms with Gasteiger partial charge in [0.2, 0.25) is 0 Å². The van der Waals surface area contributed by atoms with Crippen molar-refractivity contribution in [3.63, 3.8) is 0 Å². The highest BCUT2D eigenvalue weighted by atomic mass is 32.1. The zero-order chi connectivity index (χ0) is 19.3. The van der Waals surface area contributed by atoms with Gasteiger partial charge in [-0.3, -0.25) is 4.79 Å². The number of hydrogen-bond donors (Lipinski definition) is 3. The van der Waals surface area contributed by atoms with Crippen LogP contribution in [-0.2, 0) is 16.1 Å². The molecule has 144 valence electrons. The van der Waals surface area contributed by atoms with E-state index in [1.165, 1.54) is 18.5 Å². The van der Waals surface area contributed by atoms with Gasteiger partial charge in [0.25, 0.3) is 0 Å². The number of nitrogens with one attached hydrogen (secondary N) is 1. The minimum absolute atomic E-state index is 0.156. The van der Waals surface area contributed by atoms with E-state index in [0.29, 0.717) is 18.8 Å². The molecule has 0 amide bonds. The molecule has 0 aromatic carbocycles. The number of carboxylic acids is 2. The number of hydrogen-bond acceptors (Lipinski definition) is 5. The molecular weight excluding hydrogens is 373 g/mol. The fourth-order valence-electron chi connectivity index (χ4n) is 2.43. The van der Waals surface area contributed by atoms with Gasteiger partial charge in [-0.25, -0.2) is 9.78 Å². The molecule has 0 radical (unpaired) electrons. The fourth-order valence-corrected chi connectivity index (χ4v) is 3.26. The van der Waals surface area contributed by atoms with Crippen LogP contribution in [0.2, 0.25) is 0 Å². The molecule has 1 aromatic rings. The zero-order valence-corrected chi connectivity index (χ0v) is 14.5. The number of rotatable bonds is 5. The Labute approximate surface area is 151 Å². The van der Waals surface area contributed by atoms with Crippen molar-refractivity contribution in [3.8, 4) is 0 Å². The average Bonchev–Trinajstić information content (AvgIpc) is 3.31. The molecule has 2 aliphatic carbocycles.